The van der Waals surface area contributed by atoms with Crippen LogP contribution in [-0.4, -0.2) is 17.1 Å². The van der Waals surface area contributed by atoms with Gasteiger partial charge in [-0.3, -0.25) is 10.1 Å². The number of anilines is 1. The molecule has 5 heteroatoms. The first-order chi connectivity index (χ1) is 9.15. The molecule has 0 fully saturated rings. The zero-order chi connectivity index (χ0) is 13.7. The van der Waals surface area contributed by atoms with Gasteiger partial charge in [0.15, 0.2) is 0 Å². The summed E-state index contributed by atoms with van der Waals surface area (Å²) in [6.07, 6.45) is 1.58. The summed E-state index contributed by atoms with van der Waals surface area (Å²) in [5, 5.41) is 9.53. The Bertz CT molecular complexity index is 520. The molecule has 0 aliphatic heterocycles. The van der Waals surface area contributed by atoms with Crippen LogP contribution in [0.1, 0.15) is 18.2 Å². The Morgan fingerprint density at radius 1 is 1.32 bits per heavy atom. The van der Waals surface area contributed by atoms with E-state index in [9.17, 15) is 4.79 Å². The monoisotopic (exact) mass is 259 g/mol. The molecule has 0 saturated carbocycles. The Hall–Kier alpha value is -2.14. The maximum Gasteiger partial charge on any atom is 0.241 e. The number of rotatable bonds is 5. The highest BCUT2D eigenvalue weighted by atomic mass is 16.5. The van der Waals surface area contributed by atoms with E-state index in [-0.39, 0.29) is 11.9 Å². The predicted octanol–water partition coefficient (Wildman–Crippen LogP) is 2.10. The van der Waals surface area contributed by atoms with Gasteiger partial charge in [-0.1, -0.05) is 22.9 Å². The molecule has 0 aliphatic rings. The number of amides is 1. The van der Waals surface area contributed by atoms with Gasteiger partial charge in [0.2, 0.25) is 5.91 Å². The minimum absolute atomic E-state index is 0.0802. The lowest BCUT2D eigenvalue weighted by atomic mass is 10.2. The van der Waals surface area contributed by atoms with Crippen molar-refractivity contribution in [3.8, 4) is 0 Å². The number of carbonyl (C=O) groups excluding carboxylic acids is 1. The first-order valence-corrected chi connectivity index (χ1v) is 6.15. The van der Waals surface area contributed by atoms with Crippen LogP contribution in [0.15, 0.2) is 41.1 Å². The van der Waals surface area contributed by atoms with E-state index in [1.165, 1.54) is 0 Å². The van der Waals surface area contributed by atoms with Crippen LogP contribution >= 0.6 is 0 Å². The SMILES string of the molecule is Cc1ccc(NC(=O)C(C)NCc2ccno2)cc1. The van der Waals surface area contributed by atoms with Crippen molar-refractivity contribution in [2.75, 3.05) is 5.32 Å². The molecule has 2 N–H and O–H groups in total. The lowest BCUT2D eigenvalue weighted by molar-refractivity contribution is -0.117. The molecule has 1 aromatic heterocycles. The molecule has 1 atom stereocenters. The van der Waals surface area contributed by atoms with Gasteiger partial charge in [0.05, 0.1) is 18.8 Å². The second-order valence-electron chi connectivity index (χ2n) is 4.44. The number of benzene rings is 1. The van der Waals surface area contributed by atoms with Gasteiger partial charge in [0.25, 0.3) is 0 Å². The van der Waals surface area contributed by atoms with Crippen molar-refractivity contribution >= 4 is 11.6 Å². The summed E-state index contributed by atoms with van der Waals surface area (Å²) < 4.78 is 4.95. The van der Waals surface area contributed by atoms with E-state index in [1.807, 2.05) is 31.2 Å². The molecule has 2 aromatic rings. The highest BCUT2D eigenvalue weighted by molar-refractivity contribution is 5.94. The highest BCUT2D eigenvalue weighted by Gasteiger charge is 2.12. The zero-order valence-electron chi connectivity index (χ0n) is 11.0. The van der Waals surface area contributed by atoms with E-state index in [4.69, 9.17) is 4.52 Å². The van der Waals surface area contributed by atoms with Crippen LogP contribution in [0.3, 0.4) is 0 Å². The normalized spacial score (nSPS) is 12.1. The number of nitrogens with one attached hydrogen (secondary N) is 2. The van der Waals surface area contributed by atoms with Crippen molar-refractivity contribution in [1.29, 1.82) is 0 Å². The Morgan fingerprint density at radius 3 is 2.68 bits per heavy atom. The average molecular weight is 259 g/mol. The third-order valence-electron chi connectivity index (χ3n) is 2.79. The molecule has 19 heavy (non-hydrogen) atoms. The summed E-state index contributed by atoms with van der Waals surface area (Å²) in [6, 6.07) is 9.14. The Morgan fingerprint density at radius 2 is 2.05 bits per heavy atom. The molecule has 100 valence electrons. The van der Waals surface area contributed by atoms with E-state index in [0.29, 0.717) is 12.3 Å². The molecule has 1 heterocycles. The molecule has 2 rings (SSSR count). The molecule has 1 amide bonds. The van der Waals surface area contributed by atoms with Gasteiger partial charge in [0, 0.05) is 11.8 Å². The highest BCUT2D eigenvalue weighted by Crippen LogP contribution is 2.09. The second kappa shape index (κ2) is 6.15. The van der Waals surface area contributed by atoms with Crippen molar-refractivity contribution in [1.82, 2.24) is 10.5 Å². The fourth-order valence-corrected chi connectivity index (χ4v) is 1.57. The van der Waals surface area contributed by atoms with Gasteiger partial charge in [0.1, 0.15) is 5.76 Å². The fourth-order valence-electron chi connectivity index (χ4n) is 1.57. The largest absolute Gasteiger partial charge is 0.360 e. The number of hydrogen-bond acceptors (Lipinski definition) is 4. The predicted molar refractivity (Wildman–Crippen MR) is 72.6 cm³/mol. The molecule has 1 aromatic carbocycles. The summed E-state index contributed by atoms with van der Waals surface area (Å²) in [4.78, 5) is 11.9. The number of carbonyl (C=O) groups is 1. The van der Waals surface area contributed by atoms with E-state index in [0.717, 1.165) is 11.3 Å². The standard InChI is InChI=1S/C14H17N3O2/c1-10-3-5-12(6-4-10)17-14(18)11(2)15-9-13-7-8-16-19-13/h3-8,11,15H,9H2,1-2H3,(H,17,18). The first-order valence-electron chi connectivity index (χ1n) is 6.15. The summed E-state index contributed by atoms with van der Waals surface area (Å²) >= 11 is 0. The van der Waals surface area contributed by atoms with E-state index >= 15 is 0 Å². The molecular weight excluding hydrogens is 242 g/mol. The summed E-state index contributed by atoms with van der Waals surface area (Å²) in [5.74, 6) is 0.623. The van der Waals surface area contributed by atoms with Crippen LogP contribution in [0.5, 0.6) is 0 Å². The van der Waals surface area contributed by atoms with Crippen LogP contribution in [0.25, 0.3) is 0 Å². The van der Waals surface area contributed by atoms with Gasteiger partial charge in [-0.25, -0.2) is 0 Å². The van der Waals surface area contributed by atoms with Crippen LogP contribution in [0.2, 0.25) is 0 Å². The molecule has 0 aliphatic carbocycles. The minimum Gasteiger partial charge on any atom is -0.360 e. The first kappa shape index (κ1) is 13.3. The second-order valence-corrected chi connectivity index (χ2v) is 4.44. The molecular formula is C14H17N3O2. The smallest absolute Gasteiger partial charge is 0.241 e. The Kier molecular flexibility index (Phi) is 4.30. The third-order valence-corrected chi connectivity index (χ3v) is 2.79. The minimum atomic E-state index is -0.314. The molecule has 0 bridgehead atoms. The van der Waals surface area contributed by atoms with Crippen LogP contribution in [0, 0.1) is 6.92 Å². The van der Waals surface area contributed by atoms with Crippen LogP contribution in [-0.2, 0) is 11.3 Å². The van der Waals surface area contributed by atoms with Crippen LogP contribution < -0.4 is 10.6 Å². The lowest BCUT2D eigenvalue weighted by Gasteiger charge is -2.13. The Balaban J connectivity index is 1.83. The number of aryl methyl sites for hydroxylation is 1. The topological polar surface area (TPSA) is 67.2 Å². The zero-order valence-corrected chi connectivity index (χ0v) is 11.0. The maximum absolute atomic E-state index is 11.9. The van der Waals surface area contributed by atoms with E-state index in [1.54, 1.807) is 19.2 Å². The summed E-state index contributed by atoms with van der Waals surface area (Å²) in [7, 11) is 0. The fraction of sp³-hybridized carbons (Fsp3) is 0.286. The van der Waals surface area contributed by atoms with Crippen molar-refractivity contribution in [2.24, 2.45) is 0 Å². The molecule has 0 spiro atoms. The van der Waals surface area contributed by atoms with Crippen molar-refractivity contribution in [3.63, 3.8) is 0 Å². The summed E-state index contributed by atoms with van der Waals surface area (Å²) in [6.45, 7) is 4.29. The summed E-state index contributed by atoms with van der Waals surface area (Å²) in [5.41, 5.74) is 1.96. The van der Waals surface area contributed by atoms with Crippen molar-refractivity contribution < 1.29 is 9.32 Å². The van der Waals surface area contributed by atoms with E-state index < -0.39 is 0 Å². The molecule has 1 unspecified atom stereocenters. The average Bonchev–Trinajstić information content (AvgIpc) is 2.91. The van der Waals surface area contributed by atoms with Crippen LogP contribution in [0.4, 0.5) is 5.69 Å². The number of aromatic nitrogens is 1. The molecule has 0 radical (unpaired) electrons. The van der Waals surface area contributed by atoms with Crippen molar-refractivity contribution in [2.45, 2.75) is 26.4 Å². The number of nitrogens with zero attached hydrogens (tertiary/aromatic N) is 1. The van der Waals surface area contributed by atoms with Gasteiger partial charge in [-0.05, 0) is 26.0 Å². The molecule has 0 saturated heterocycles. The maximum atomic E-state index is 11.9. The number of hydrogen-bond donors (Lipinski definition) is 2. The quantitative estimate of drug-likeness (QED) is 0.863. The van der Waals surface area contributed by atoms with Gasteiger partial charge >= 0.3 is 0 Å². The van der Waals surface area contributed by atoms with Crippen molar-refractivity contribution in [3.05, 3.63) is 47.9 Å². The van der Waals surface area contributed by atoms with Gasteiger partial charge < -0.3 is 9.84 Å². The molecule has 5 nitrogen and oxygen atoms in total. The van der Waals surface area contributed by atoms with Gasteiger partial charge in [-0.2, -0.15) is 0 Å². The lowest BCUT2D eigenvalue weighted by Crippen LogP contribution is -2.37. The van der Waals surface area contributed by atoms with Gasteiger partial charge in [-0.15, -0.1) is 0 Å². The Labute approximate surface area is 112 Å². The third kappa shape index (κ3) is 3.93. The van der Waals surface area contributed by atoms with E-state index in [2.05, 4.69) is 15.8 Å².